The minimum atomic E-state index is -0.403. The van der Waals surface area contributed by atoms with Gasteiger partial charge in [-0.3, -0.25) is 10.1 Å². The smallest absolute Gasteiger partial charge is 0.339 e. The number of halogens is 1. The zero-order chi connectivity index (χ0) is 20.1. The molecule has 0 aliphatic carbocycles. The van der Waals surface area contributed by atoms with Gasteiger partial charge in [0.15, 0.2) is 0 Å². The van der Waals surface area contributed by atoms with Gasteiger partial charge in [-0.1, -0.05) is 11.6 Å². The molecule has 148 valence electrons. The first-order chi connectivity index (χ1) is 13.5. The lowest BCUT2D eigenvalue weighted by atomic mass is 10.2. The molecule has 0 N–H and O–H groups in total. The highest BCUT2D eigenvalue weighted by atomic mass is 35.5. The van der Waals surface area contributed by atoms with Gasteiger partial charge in [0.05, 0.1) is 17.1 Å². The summed E-state index contributed by atoms with van der Waals surface area (Å²) in [5.41, 5.74) is 0.999. The highest BCUT2D eigenvalue weighted by molar-refractivity contribution is 6.30. The van der Waals surface area contributed by atoms with Crippen molar-refractivity contribution in [2.75, 3.05) is 42.6 Å². The van der Waals surface area contributed by atoms with E-state index < -0.39 is 10.9 Å². The van der Waals surface area contributed by atoms with Crippen LogP contribution < -0.4 is 9.80 Å². The molecule has 0 atom stereocenters. The predicted molar refractivity (Wildman–Crippen MR) is 107 cm³/mol. The summed E-state index contributed by atoms with van der Waals surface area (Å²) in [6, 6.07) is 8.25. The summed E-state index contributed by atoms with van der Waals surface area (Å²) in [6.07, 6.45) is 2.33. The van der Waals surface area contributed by atoms with Crippen LogP contribution in [0.5, 0.6) is 0 Å². The summed E-state index contributed by atoms with van der Waals surface area (Å²) in [5, 5.41) is 11.7. The fraction of sp³-hybridized carbons (Fsp3) is 0.368. The average Bonchev–Trinajstić information content (AvgIpc) is 2.94. The van der Waals surface area contributed by atoms with Crippen LogP contribution in [0.4, 0.5) is 17.2 Å². The topological polar surface area (TPSA) is 88.8 Å². The molecule has 1 fully saturated rings. The van der Waals surface area contributed by atoms with Gasteiger partial charge in [-0.2, -0.15) is 0 Å². The lowest BCUT2D eigenvalue weighted by Crippen LogP contribution is -2.31. The third kappa shape index (κ3) is 4.51. The monoisotopic (exact) mass is 404 g/mol. The SMILES string of the molecule is CCOC(=O)c1ccc(N2CCCN(c3ccc(Cl)cc3[N+](=O)[O-])CC2)nc1. The first-order valence-electron chi connectivity index (χ1n) is 9.06. The zero-order valence-electron chi connectivity index (χ0n) is 15.5. The first kappa shape index (κ1) is 19.9. The van der Waals surface area contributed by atoms with Gasteiger partial charge >= 0.3 is 5.97 Å². The second-order valence-electron chi connectivity index (χ2n) is 6.34. The van der Waals surface area contributed by atoms with Gasteiger partial charge in [-0.05, 0) is 37.6 Å². The van der Waals surface area contributed by atoms with Crippen LogP contribution in [0, 0.1) is 10.1 Å². The number of nitro groups is 1. The number of benzene rings is 1. The Morgan fingerprint density at radius 3 is 2.64 bits per heavy atom. The number of nitro benzene ring substituents is 1. The number of pyridine rings is 1. The Morgan fingerprint density at radius 1 is 1.21 bits per heavy atom. The standard InChI is InChI=1S/C19H21ClN4O4/c1-2-28-19(25)14-4-7-18(21-13-14)23-9-3-8-22(10-11-23)16-6-5-15(20)12-17(16)24(26)27/h4-7,12-13H,2-3,8-11H2,1H3. The quantitative estimate of drug-likeness (QED) is 0.427. The number of esters is 1. The molecule has 0 spiro atoms. The number of nitrogens with zero attached hydrogens (tertiary/aromatic N) is 4. The molecule has 0 amide bonds. The Labute approximate surface area is 167 Å². The summed E-state index contributed by atoms with van der Waals surface area (Å²) < 4.78 is 4.97. The third-order valence-electron chi connectivity index (χ3n) is 4.55. The Balaban J connectivity index is 1.72. The summed E-state index contributed by atoms with van der Waals surface area (Å²) in [6.45, 7) is 4.81. The van der Waals surface area contributed by atoms with Gasteiger partial charge in [0, 0.05) is 43.5 Å². The van der Waals surface area contributed by atoms with E-state index in [0.717, 1.165) is 18.8 Å². The second kappa shape index (κ2) is 8.88. The van der Waals surface area contributed by atoms with Crippen molar-refractivity contribution < 1.29 is 14.5 Å². The predicted octanol–water partition coefficient (Wildman–Crippen LogP) is 3.54. The van der Waals surface area contributed by atoms with Crippen molar-refractivity contribution in [3.05, 3.63) is 57.2 Å². The number of carbonyl (C=O) groups is 1. The van der Waals surface area contributed by atoms with Gasteiger partial charge in [-0.15, -0.1) is 0 Å². The van der Waals surface area contributed by atoms with Crippen LogP contribution >= 0.6 is 11.6 Å². The lowest BCUT2D eigenvalue weighted by molar-refractivity contribution is -0.384. The molecule has 1 aromatic carbocycles. The molecule has 0 unspecified atom stereocenters. The van der Waals surface area contributed by atoms with Crippen molar-refractivity contribution in [1.82, 2.24) is 4.98 Å². The van der Waals surface area contributed by atoms with Crippen LogP contribution in [0.3, 0.4) is 0 Å². The van der Waals surface area contributed by atoms with Crippen LogP contribution in [0.2, 0.25) is 5.02 Å². The molecule has 1 saturated heterocycles. The van der Waals surface area contributed by atoms with Gasteiger partial charge in [0.1, 0.15) is 11.5 Å². The van der Waals surface area contributed by atoms with Gasteiger partial charge in [0.2, 0.25) is 0 Å². The number of hydrogen-bond donors (Lipinski definition) is 0. The molecule has 1 aromatic heterocycles. The van der Waals surface area contributed by atoms with Crippen molar-refractivity contribution >= 4 is 34.8 Å². The second-order valence-corrected chi connectivity index (χ2v) is 6.78. The van der Waals surface area contributed by atoms with Crippen LogP contribution in [0.25, 0.3) is 0 Å². The summed E-state index contributed by atoms with van der Waals surface area (Å²) in [4.78, 5) is 31.2. The molecule has 0 saturated carbocycles. The molecule has 0 radical (unpaired) electrons. The zero-order valence-corrected chi connectivity index (χ0v) is 16.3. The maximum atomic E-state index is 11.8. The van der Waals surface area contributed by atoms with Gasteiger partial charge in [-0.25, -0.2) is 9.78 Å². The molecule has 28 heavy (non-hydrogen) atoms. The van der Waals surface area contributed by atoms with E-state index in [1.807, 2.05) is 4.90 Å². The van der Waals surface area contributed by atoms with Gasteiger partial charge in [0.25, 0.3) is 5.69 Å². The normalized spacial score (nSPS) is 14.5. The highest BCUT2D eigenvalue weighted by Crippen LogP contribution is 2.32. The largest absolute Gasteiger partial charge is 0.462 e. The van der Waals surface area contributed by atoms with E-state index in [2.05, 4.69) is 9.88 Å². The molecule has 1 aliphatic rings. The number of aromatic nitrogens is 1. The Morgan fingerprint density at radius 2 is 1.96 bits per heavy atom. The van der Waals surface area contributed by atoms with Crippen molar-refractivity contribution in [2.45, 2.75) is 13.3 Å². The Hall–Kier alpha value is -2.87. The number of carbonyl (C=O) groups excluding carboxylic acids is 1. The first-order valence-corrected chi connectivity index (χ1v) is 9.44. The summed E-state index contributed by atoms with van der Waals surface area (Å²) in [5.74, 6) is 0.374. The molecular weight excluding hydrogens is 384 g/mol. The summed E-state index contributed by atoms with van der Waals surface area (Å²) in [7, 11) is 0. The number of rotatable bonds is 5. The molecular formula is C19H21ClN4O4. The average molecular weight is 405 g/mol. The maximum absolute atomic E-state index is 11.8. The minimum Gasteiger partial charge on any atom is -0.462 e. The molecule has 9 heteroatoms. The van der Waals surface area contributed by atoms with Gasteiger partial charge < -0.3 is 14.5 Å². The third-order valence-corrected chi connectivity index (χ3v) is 4.79. The lowest BCUT2D eigenvalue weighted by Gasteiger charge is -2.24. The maximum Gasteiger partial charge on any atom is 0.339 e. The molecule has 3 rings (SSSR count). The van der Waals surface area contributed by atoms with E-state index in [9.17, 15) is 14.9 Å². The molecule has 1 aliphatic heterocycles. The van der Waals surface area contributed by atoms with E-state index in [1.54, 1.807) is 31.2 Å². The van der Waals surface area contributed by atoms with Crippen molar-refractivity contribution in [3.8, 4) is 0 Å². The fourth-order valence-corrected chi connectivity index (χ4v) is 3.37. The molecule has 8 nitrogen and oxygen atoms in total. The fourth-order valence-electron chi connectivity index (χ4n) is 3.21. The molecule has 2 aromatic rings. The van der Waals surface area contributed by atoms with Crippen LogP contribution in [-0.4, -0.2) is 48.7 Å². The van der Waals surface area contributed by atoms with Crippen LogP contribution in [0.1, 0.15) is 23.7 Å². The molecule has 2 heterocycles. The van der Waals surface area contributed by atoms with Crippen LogP contribution in [-0.2, 0) is 4.74 Å². The van der Waals surface area contributed by atoms with E-state index in [1.165, 1.54) is 12.3 Å². The van der Waals surface area contributed by atoms with E-state index in [4.69, 9.17) is 16.3 Å². The van der Waals surface area contributed by atoms with Crippen molar-refractivity contribution in [1.29, 1.82) is 0 Å². The minimum absolute atomic E-state index is 0.0119. The van der Waals surface area contributed by atoms with Crippen molar-refractivity contribution in [3.63, 3.8) is 0 Å². The Kier molecular flexibility index (Phi) is 6.30. The number of ether oxygens (including phenoxy) is 1. The van der Waals surface area contributed by atoms with E-state index in [-0.39, 0.29) is 5.69 Å². The Bertz CT molecular complexity index is 860. The number of hydrogen-bond acceptors (Lipinski definition) is 7. The van der Waals surface area contributed by atoms with Crippen LogP contribution in [0.15, 0.2) is 36.5 Å². The molecule has 0 bridgehead atoms. The number of anilines is 2. The highest BCUT2D eigenvalue weighted by Gasteiger charge is 2.23. The van der Waals surface area contributed by atoms with Crippen molar-refractivity contribution in [2.24, 2.45) is 0 Å². The summed E-state index contributed by atoms with van der Waals surface area (Å²) >= 11 is 5.92. The van der Waals surface area contributed by atoms with E-state index in [0.29, 0.717) is 42.5 Å². The van der Waals surface area contributed by atoms with E-state index >= 15 is 0 Å².